The third-order valence-corrected chi connectivity index (χ3v) is 4.44. The van der Waals surface area contributed by atoms with Crippen LogP contribution in [0.5, 0.6) is 0 Å². The van der Waals surface area contributed by atoms with Gasteiger partial charge in [0.05, 0.1) is 0 Å². The number of carbonyl (C=O) groups excluding carboxylic acids is 2. The molecule has 1 fully saturated rings. The number of nitrogens with zero attached hydrogens (tertiary/aromatic N) is 1. The SMILES string of the molecule is CC(CC(=O)N1CCCC(CO)C1)C(=O)c1ccc(Cl)cc1. The summed E-state index contributed by atoms with van der Waals surface area (Å²) in [5.41, 5.74) is 0.580. The summed E-state index contributed by atoms with van der Waals surface area (Å²) < 4.78 is 0. The van der Waals surface area contributed by atoms with Crippen molar-refractivity contribution in [2.45, 2.75) is 26.2 Å². The fourth-order valence-corrected chi connectivity index (χ4v) is 2.95. The zero-order valence-corrected chi connectivity index (χ0v) is 13.6. The minimum absolute atomic E-state index is 0.00652. The number of rotatable bonds is 5. The summed E-state index contributed by atoms with van der Waals surface area (Å²) in [6.07, 6.45) is 2.08. The van der Waals surface area contributed by atoms with Gasteiger partial charge in [0, 0.05) is 42.6 Å². The van der Waals surface area contributed by atoms with Crippen LogP contribution in [0.15, 0.2) is 24.3 Å². The van der Waals surface area contributed by atoms with E-state index in [4.69, 9.17) is 11.6 Å². The van der Waals surface area contributed by atoms with Gasteiger partial charge in [-0.15, -0.1) is 0 Å². The molecule has 0 bridgehead atoms. The summed E-state index contributed by atoms with van der Waals surface area (Å²) in [4.78, 5) is 26.4. The normalized spacial score (nSPS) is 19.8. The molecule has 2 rings (SSSR count). The largest absolute Gasteiger partial charge is 0.396 e. The van der Waals surface area contributed by atoms with Crippen LogP contribution in [0, 0.1) is 11.8 Å². The second-order valence-electron chi connectivity index (χ2n) is 6.01. The molecule has 2 atom stereocenters. The Morgan fingerprint density at radius 2 is 2.05 bits per heavy atom. The van der Waals surface area contributed by atoms with Gasteiger partial charge in [-0.1, -0.05) is 18.5 Å². The minimum Gasteiger partial charge on any atom is -0.396 e. The first-order valence-corrected chi connectivity index (χ1v) is 8.07. The molecule has 1 aliphatic heterocycles. The van der Waals surface area contributed by atoms with Crippen LogP contribution >= 0.6 is 11.6 Å². The first-order valence-electron chi connectivity index (χ1n) is 7.69. The molecule has 4 nitrogen and oxygen atoms in total. The Morgan fingerprint density at radius 3 is 2.68 bits per heavy atom. The summed E-state index contributed by atoms with van der Waals surface area (Å²) in [6.45, 7) is 3.21. The zero-order valence-electron chi connectivity index (χ0n) is 12.8. The van der Waals surface area contributed by atoms with Crippen LogP contribution in [0.4, 0.5) is 0 Å². The number of amides is 1. The molecule has 0 saturated carbocycles. The van der Waals surface area contributed by atoms with Crippen molar-refractivity contribution in [2.75, 3.05) is 19.7 Å². The molecule has 22 heavy (non-hydrogen) atoms. The van der Waals surface area contributed by atoms with Gasteiger partial charge in [0.2, 0.25) is 5.91 Å². The second-order valence-corrected chi connectivity index (χ2v) is 6.44. The minimum atomic E-state index is -0.358. The highest BCUT2D eigenvalue weighted by molar-refractivity contribution is 6.30. The second kappa shape index (κ2) is 7.75. The van der Waals surface area contributed by atoms with Gasteiger partial charge in [-0.2, -0.15) is 0 Å². The lowest BCUT2D eigenvalue weighted by Gasteiger charge is -2.32. The van der Waals surface area contributed by atoms with E-state index < -0.39 is 0 Å². The van der Waals surface area contributed by atoms with Gasteiger partial charge in [0.15, 0.2) is 5.78 Å². The molecule has 1 N–H and O–H groups in total. The first kappa shape index (κ1) is 17.0. The third kappa shape index (κ3) is 4.31. The Morgan fingerprint density at radius 1 is 1.36 bits per heavy atom. The fraction of sp³-hybridized carbons (Fsp3) is 0.529. The van der Waals surface area contributed by atoms with E-state index in [1.165, 1.54) is 0 Å². The predicted octanol–water partition coefficient (Wildman–Crippen LogP) is 2.78. The Bertz CT molecular complexity index is 529. The van der Waals surface area contributed by atoms with Gasteiger partial charge in [0.1, 0.15) is 0 Å². The third-order valence-electron chi connectivity index (χ3n) is 4.19. The molecule has 0 aromatic heterocycles. The lowest BCUT2D eigenvalue weighted by molar-refractivity contribution is -0.133. The van der Waals surface area contributed by atoms with Crippen molar-refractivity contribution in [3.63, 3.8) is 0 Å². The number of halogens is 1. The number of piperidine rings is 1. The molecule has 1 amide bonds. The van der Waals surface area contributed by atoms with E-state index in [1.807, 2.05) is 0 Å². The average Bonchev–Trinajstić information content (AvgIpc) is 2.54. The number of hydrogen-bond donors (Lipinski definition) is 1. The Balaban J connectivity index is 1.93. The molecule has 0 spiro atoms. The standard InChI is InChI=1S/C17H22ClNO3/c1-12(17(22)14-4-6-15(18)7-5-14)9-16(21)19-8-2-3-13(10-19)11-20/h4-7,12-13,20H,2-3,8-11H2,1H3. The lowest BCUT2D eigenvalue weighted by Crippen LogP contribution is -2.41. The molecular weight excluding hydrogens is 302 g/mol. The summed E-state index contributed by atoms with van der Waals surface area (Å²) in [7, 11) is 0. The molecule has 0 radical (unpaired) electrons. The molecule has 120 valence electrons. The van der Waals surface area contributed by atoms with Crippen LogP contribution in [-0.2, 0) is 4.79 Å². The highest BCUT2D eigenvalue weighted by atomic mass is 35.5. The van der Waals surface area contributed by atoms with Crippen molar-refractivity contribution < 1.29 is 14.7 Å². The molecule has 1 aliphatic rings. The van der Waals surface area contributed by atoms with Gasteiger partial charge < -0.3 is 10.0 Å². The van der Waals surface area contributed by atoms with E-state index in [-0.39, 0.29) is 36.6 Å². The number of carbonyl (C=O) groups is 2. The number of aliphatic hydroxyl groups excluding tert-OH is 1. The van der Waals surface area contributed by atoms with Crippen molar-refractivity contribution in [2.24, 2.45) is 11.8 Å². The highest BCUT2D eigenvalue weighted by Crippen LogP contribution is 2.20. The van der Waals surface area contributed by atoms with Gasteiger partial charge in [-0.3, -0.25) is 9.59 Å². The molecular formula is C17H22ClNO3. The van der Waals surface area contributed by atoms with E-state index in [1.54, 1.807) is 36.1 Å². The summed E-state index contributed by atoms with van der Waals surface area (Å²) in [5, 5.41) is 9.82. The van der Waals surface area contributed by atoms with Crippen LogP contribution in [0.25, 0.3) is 0 Å². The molecule has 0 aliphatic carbocycles. The quantitative estimate of drug-likeness (QED) is 0.848. The Labute approximate surface area is 136 Å². The number of likely N-dealkylation sites (tertiary alicyclic amines) is 1. The molecule has 1 heterocycles. The van der Waals surface area contributed by atoms with Gasteiger partial charge in [-0.25, -0.2) is 0 Å². The maximum Gasteiger partial charge on any atom is 0.223 e. The zero-order chi connectivity index (χ0) is 16.1. The van der Waals surface area contributed by atoms with E-state index in [9.17, 15) is 14.7 Å². The predicted molar refractivity (Wildman–Crippen MR) is 86.0 cm³/mol. The molecule has 2 unspecified atom stereocenters. The fourth-order valence-electron chi connectivity index (χ4n) is 2.82. The molecule has 1 aromatic rings. The molecule has 1 aromatic carbocycles. The first-order chi connectivity index (χ1) is 10.5. The van der Waals surface area contributed by atoms with Crippen molar-refractivity contribution in [1.29, 1.82) is 0 Å². The monoisotopic (exact) mass is 323 g/mol. The number of benzene rings is 1. The van der Waals surface area contributed by atoms with Crippen molar-refractivity contribution in [3.05, 3.63) is 34.9 Å². The molecule has 1 saturated heterocycles. The van der Waals surface area contributed by atoms with E-state index in [0.717, 1.165) is 19.4 Å². The lowest BCUT2D eigenvalue weighted by atomic mass is 9.94. The van der Waals surface area contributed by atoms with Gasteiger partial charge in [-0.05, 0) is 43.0 Å². The Hall–Kier alpha value is -1.39. The van der Waals surface area contributed by atoms with Crippen molar-refractivity contribution in [3.8, 4) is 0 Å². The van der Waals surface area contributed by atoms with E-state index in [2.05, 4.69) is 0 Å². The van der Waals surface area contributed by atoms with Gasteiger partial charge in [0.25, 0.3) is 0 Å². The number of hydrogen-bond acceptors (Lipinski definition) is 3. The Kier molecular flexibility index (Phi) is 5.98. The number of aliphatic hydroxyl groups is 1. The number of ketones is 1. The van der Waals surface area contributed by atoms with Crippen LogP contribution in [0.3, 0.4) is 0 Å². The van der Waals surface area contributed by atoms with Crippen LogP contribution in [-0.4, -0.2) is 41.4 Å². The highest BCUT2D eigenvalue weighted by Gasteiger charge is 2.26. The van der Waals surface area contributed by atoms with Crippen molar-refractivity contribution in [1.82, 2.24) is 4.90 Å². The maximum atomic E-state index is 12.3. The molecule has 5 heteroatoms. The maximum absolute atomic E-state index is 12.3. The summed E-state index contributed by atoms with van der Waals surface area (Å²) in [6, 6.07) is 6.74. The van der Waals surface area contributed by atoms with E-state index in [0.29, 0.717) is 17.1 Å². The smallest absolute Gasteiger partial charge is 0.223 e. The summed E-state index contributed by atoms with van der Waals surface area (Å²) >= 11 is 5.82. The number of Topliss-reactive ketones (excluding diaryl/α,β-unsaturated/α-hetero) is 1. The van der Waals surface area contributed by atoms with Crippen LogP contribution in [0.1, 0.15) is 36.5 Å². The van der Waals surface area contributed by atoms with E-state index >= 15 is 0 Å². The topological polar surface area (TPSA) is 57.6 Å². The van der Waals surface area contributed by atoms with Gasteiger partial charge >= 0.3 is 0 Å². The van der Waals surface area contributed by atoms with Crippen LogP contribution in [0.2, 0.25) is 5.02 Å². The summed E-state index contributed by atoms with van der Waals surface area (Å²) in [5.74, 6) is -0.239. The van der Waals surface area contributed by atoms with Crippen molar-refractivity contribution >= 4 is 23.3 Å². The average molecular weight is 324 g/mol. The van der Waals surface area contributed by atoms with Crippen LogP contribution < -0.4 is 0 Å².